The third-order valence-electron chi connectivity index (χ3n) is 3.55. The van der Waals surface area contributed by atoms with Gasteiger partial charge >= 0.3 is 0 Å². The van der Waals surface area contributed by atoms with Gasteiger partial charge in [0.05, 0.1) is 6.61 Å². The third kappa shape index (κ3) is 4.62. The molecule has 0 aromatic heterocycles. The minimum atomic E-state index is 0.0507. The van der Waals surface area contributed by atoms with Crippen molar-refractivity contribution in [3.8, 4) is 5.75 Å². The summed E-state index contributed by atoms with van der Waals surface area (Å²) in [4.78, 5) is 12.1. The highest BCUT2D eigenvalue weighted by molar-refractivity contribution is 5.91. The van der Waals surface area contributed by atoms with Gasteiger partial charge < -0.3 is 10.1 Å². The zero-order valence-electron chi connectivity index (χ0n) is 13.3. The normalized spacial score (nSPS) is 10.3. The fourth-order valence-electron chi connectivity index (χ4n) is 2.34. The van der Waals surface area contributed by atoms with Crippen LogP contribution in [-0.2, 0) is 17.6 Å². The number of rotatable bonds is 7. The van der Waals surface area contributed by atoms with Crippen LogP contribution >= 0.6 is 0 Å². The van der Waals surface area contributed by atoms with Gasteiger partial charge in [0, 0.05) is 12.1 Å². The second kappa shape index (κ2) is 8.23. The van der Waals surface area contributed by atoms with E-state index in [-0.39, 0.29) is 5.91 Å². The molecule has 0 saturated carbocycles. The monoisotopic (exact) mass is 297 g/mol. The van der Waals surface area contributed by atoms with Gasteiger partial charge in [-0.25, -0.2) is 0 Å². The summed E-state index contributed by atoms with van der Waals surface area (Å²) in [5.41, 5.74) is 3.22. The van der Waals surface area contributed by atoms with Gasteiger partial charge in [0.25, 0.3) is 0 Å². The minimum absolute atomic E-state index is 0.0507. The number of aryl methyl sites for hydroxylation is 2. The van der Waals surface area contributed by atoms with E-state index in [2.05, 4.69) is 12.2 Å². The zero-order valence-corrected chi connectivity index (χ0v) is 13.3. The number of hydrogen-bond donors (Lipinski definition) is 1. The van der Waals surface area contributed by atoms with Crippen LogP contribution in [0.1, 0.15) is 31.4 Å². The number of carbonyl (C=O) groups excluding carboxylic acids is 1. The molecule has 116 valence electrons. The minimum Gasteiger partial charge on any atom is -0.494 e. The Morgan fingerprint density at radius 1 is 1.05 bits per heavy atom. The Morgan fingerprint density at radius 2 is 1.77 bits per heavy atom. The summed E-state index contributed by atoms with van der Waals surface area (Å²) >= 11 is 0. The van der Waals surface area contributed by atoms with E-state index in [0.717, 1.165) is 35.4 Å². The van der Waals surface area contributed by atoms with Crippen LogP contribution in [-0.4, -0.2) is 12.5 Å². The van der Waals surface area contributed by atoms with Gasteiger partial charge in [-0.1, -0.05) is 37.3 Å². The molecule has 1 N–H and O–H groups in total. The number of ether oxygens (including phenoxy) is 1. The maximum atomic E-state index is 12.1. The van der Waals surface area contributed by atoms with Crippen LogP contribution in [0, 0.1) is 0 Å². The highest BCUT2D eigenvalue weighted by atomic mass is 16.5. The zero-order chi connectivity index (χ0) is 15.8. The van der Waals surface area contributed by atoms with Crippen molar-refractivity contribution in [1.82, 2.24) is 0 Å². The molecule has 0 radical (unpaired) electrons. The van der Waals surface area contributed by atoms with Crippen molar-refractivity contribution in [1.29, 1.82) is 0 Å². The third-order valence-corrected chi connectivity index (χ3v) is 3.55. The molecule has 0 aliphatic rings. The molecule has 2 aromatic rings. The van der Waals surface area contributed by atoms with Gasteiger partial charge in [-0.3, -0.25) is 4.79 Å². The van der Waals surface area contributed by atoms with E-state index in [1.165, 1.54) is 0 Å². The summed E-state index contributed by atoms with van der Waals surface area (Å²) < 4.78 is 5.41. The van der Waals surface area contributed by atoms with E-state index in [1.807, 2.05) is 55.5 Å². The number of nitrogens with one attached hydrogen (secondary N) is 1. The van der Waals surface area contributed by atoms with E-state index in [9.17, 15) is 4.79 Å². The van der Waals surface area contributed by atoms with E-state index >= 15 is 0 Å². The first kappa shape index (κ1) is 16.1. The van der Waals surface area contributed by atoms with Crippen LogP contribution in [0.2, 0.25) is 0 Å². The second-order valence-electron chi connectivity index (χ2n) is 5.14. The summed E-state index contributed by atoms with van der Waals surface area (Å²) in [6.07, 6.45) is 2.12. The fourth-order valence-corrected chi connectivity index (χ4v) is 2.34. The Kier molecular flexibility index (Phi) is 6.01. The smallest absolute Gasteiger partial charge is 0.224 e. The molecule has 0 unspecified atom stereocenters. The van der Waals surface area contributed by atoms with Crippen molar-refractivity contribution in [3.63, 3.8) is 0 Å². The van der Waals surface area contributed by atoms with Crippen LogP contribution in [0.4, 0.5) is 5.69 Å². The van der Waals surface area contributed by atoms with Crippen molar-refractivity contribution < 1.29 is 9.53 Å². The summed E-state index contributed by atoms with van der Waals surface area (Å²) in [5.74, 6) is 0.919. The van der Waals surface area contributed by atoms with Crippen LogP contribution in [0.25, 0.3) is 0 Å². The highest BCUT2D eigenvalue weighted by Crippen LogP contribution is 2.17. The summed E-state index contributed by atoms with van der Waals surface area (Å²) in [5, 5.41) is 3.00. The van der Waals surface area contributed by atoms with Crippen molar-refractivity contribution in [2.75, 3.05) is 11.9 Å². The molecule has 0 fully saturated rings. The van der Waals surface area contributed by atoms with Gasteiger partial charge in [0.1, 0.15) is 5.75 Å². The number of carbonyl (C=O) groups is 1. The van der Waals surface area contributed by atoms with Crippen molar-refractivity contribution >= 4 is 11.6 Å². The van der Waals surface area contributed by atoms with Crippen LogP contribution in [0.5, 0.6) is 5.75 Å². The van der Waals surface area contributed by atoms with Gasteiger partial charge in [-0.15, -0.1) is 0 Å². The lowest BCUT2D eigenvalue weighted by atomic mass is 10.1. The van der Waals surface area contributed by atoms with E-state index in [0.29, 0.717) is 13.0 Å². The summed E-state index contributed by atoms with van der Waals surface area (Å²) in [7, 11) is 0. The SMILES string of the molecule is CCOc1ccc(CCC(=O)Nc2ccccc2CC)cc1. The van der Waals surface area contributed by atoms with Crippen molar-refractivity contribution in [3.05, 3.63) is 59.7 Å². The first-order valence-corrected chi connectivity index (χ1v) is 7.82. The molecule has 0 aliphatic carbocycles. The number of anilines is 1. The number of para-hydroxylation sites is 1. The Bertz CT molecular complexity index is 605. The quantitative estimate of drug-likeness (QED) is 0.831. The Hall–Kier alpha value is -2.29. The van der Waals surface area contributed by atoms with Crippen molar-refractivity contribution in [2.45, 2.75) is 33.1 Å². The molecule has 0 heterocycles. The predicted octanol–water partition coefficient (Wildman–Crippen LogP) is 4.22. The van der Waals surface area contributed by atoms with Gasteiger partial charge in [0.2, 0.25) is 5.91 Å². The van der Waals surface area contributed by atoms with Gasteiger partial charge in [0.15, 0.2) is 0 Å². The lowest BCUT2D eigenvalue weighted by Crippen LogP contribution is -2.13. The molecule has 0 spiro atoms. The lowest BCUT2D eigenvalue weighted by molar-refractivity contribution is -0.116. The van der Waals surface area contributed by atoms with Crippen LogP contribution < -0.4 is 10.1 Å². The average Bonchev–Trinajstić information content (AvgIpc) is 2.55. The first-order chi connectivity index (χ1) is 10.7. The maximum absolute atomic E-state index is 12.1. The fraction of sp³-hybridized carbons (Fsp3) is 0.316. The number of amides is 1. The van der Waals surface area contributed by atoms with E-state index in [4.69, 9.17) is 4.74 Å². The van der Waals surface area contributed by atoms with Gasteiger partial charge in [-0.2, -0.15) is 0 Å². The van der Waals surface area contributed by atoms with Crippen molar-refractivity contribution in [2.24, 2.45) is 0 Å². The summed E-state index contributed by atoms with van der Waals surface area (Å²) in [6.45, 7) is 4.72. The lowest BCUT2D eigenvalue weighted by Gasteiger charge is -2.10. The Balaban J connectivity index is 1.87. The molecule has 0 saturated heterocycles. The van der Waals surface area contributed by atoms with Crippen LogP contribution in [0.3, 0.4) is 0 Å². The molecule has 2 rings (SSSR count). The Labute approximate surface area is 132 Å². The molecular formula is C19H23NO2. The average molecular weight is 297 g/mol. The van der Waals surface area contributed by atoms with Gasteiger partial charge in [-0.05, 0) is 49.1 Å². The molecule has 2 aromatic carbocycles. The van der Waals surface area contributed by atoms with E-state index < -0.39 is 0 Å². The molecular weight excluding hydrogens is 274 g/mol. The summed E-state index contributed by atoms with van der Waals surface area (Å²) in [6, 6.07) is 15.9. The molecule has 3 heteroatoms. The highest BCUT2D eigenvalue weighted by Gasteiger charge is 2.06. The van der Waals surface area contributed by atoms with Crippen LogP contribution in [0.15, 0.2) is 48.5 Å². The molecule has 22 heavy (non-hydrogen) atoms. The first-order valence-electron chi connectivity index (χ1n) is 7.82. The molecule has 0 aliphatic heterocycles. The number of benzene rings is 2. The van der Waals surface area contributed by atoms with E-state index in [1.54, 1.807) is 0 Å². The maximum Gasteiger partial charge on any atom is 0.224 e. The molecule has 3 nitrogen and oxygen atoms in total. The molecule has 0 atom stereocenters. The molecule has 1 amide bonds. The standard InChI is InChI=1S/C19H23NO2/c1-3-16-7-5-6-8-18(16)20-19(21)14-11-15-9-12-17(13-10-15)22-4-2/h5-10,12-13H,3-4,11,14H2,1-2H3,(H,20,21). The predicted molar refractivity (Wildman–Crippen MR) is 90.4 cm³/mol. The molecule has 0 bridgehead atoms. The second-order valence-corrected chi connectivity index (χ2v) is 5.14. The number of hydrogen-bond acceptors (Lipinski definition) is 2. The topological polar surface area (TPSA) is 38.3 Å². The largest absolute Gasteiger partial charge is 0.494 e. The Morgan fingerprint density at radius 3 is 2.45 bits per heavy atom.